The molecule has 94 valence electrons. The molecule has 0 radical (unpaired) electrons. The van der Waals surface area contributed by atoms with E-state index in [1.54, 1.807) is 6.07 Å². The zero-order valence-corrected chi connectivity index (χ0v) is 9.77. The van der Waals surface area contributed by atoms with Crippen LogP contribution in [-0.4, -0.2) is 41.4 Å². The molecule has 1 aromatic heterocycles. The Hall–Kier alpha value is -1.40. The van der Waals surface area contributed by atoms with Crippen LogP contribution in [0.3, 0.4) is 0 Å². The second kappa shape index (κ2) is 5.29. The lowest BCUT2D eigenvalue weighted by molar-refractivity contribution is 0.0736. The van der Waals surface area contributed by atoms with Gasteiger partial charge in [0, 0.05) is 12.6 Å². The Bertz CT molecular complexity index is 391. The van der Waals surface area contributed by atoms with Crippen LogP contribution in [0.2, 0.25) is 0 Å². The highest BCUT2D eigenvalue weighted by atomic mass is 16.5. The smallest absolute Gasteiger partial charge is 0.290 e. The van der Waals surface area contributed by atoms with Gasteiger partial charge in [-0.25, -0.2) is 0 Å². The van der Waals surface area contributed by atoms with Crippen molar-refractivity contribution in [3.8, 4) is 0 Å². The predicted octanol–water partition coefficient (Wildman–Crippen LogP) is -0.310. The maximum Gasteiger partial charge on any atom is 0.290 e. The minimum Gasteiger partial charge on any atom is -0.390 e. The van der Waals surface area contributed by atoms with Crippen molar-refractivity contribution in [2.45, 2.75) is 31.9 Å². The van der Waals surface area contributed by atoms with Crippen LogP contribution in [0.25, 0.3) is 0 Å². The van der Waals surface area contributed by atoms with Gasteiger partial charge in [-0.2, -0.15) is 0 Å². The number of carbonyl (C=O) groups is 1. The summed E-state index contributed by atoms with van der Waals surface area (Å²) in [5.74, 6) is -0.115. The lowest BCUT2D eigenvalue weighted by Gasteiger charge is -2.28. The predicted molar refractivity (Wildman–Crippen MR) is 60.6 cm³/mol. The number of piperidine rings is 1. The fourth-order valence-electron chi connectivity index (χ4n) is 1.84. The van der Waals surface area contributed by atoms with Crippen molar-refractivity contribution in [2.24, 2.45) is 0 Å². The first-order valence-electron chi connectivity index (χ1n) is 5.86. The van der Waals surface area contributed by atoms with Crippen LogP contribution in [0.4, 0.5) is 0 Å². The third-order valence-corrected chi connectivity index (χ3v) is 2.91. The van der Waals surface area contributed by atoms with Gasteiger partial charge >= 0.3 is 0 Å². The van der Waals surface area contributed by atoms with E-state index in [1.807, 2.05) is 6.92 Å². The van der Waals surface area contributed by atoms with E-state index in [0.717, 1.165) is 18.7 Å². The minimum atomic E-state index is -0.554. The van der Waals surface area contributed by atoms with Crippen LogP contribution < -0.4 is 10.6 Å². The molecule has 1 aliphatic rings. The molecule has 1 amide bonds. The number of β-amino-alcohol motifs (C(OH)–C–C–N with tert-alkyl or cyclic N) is 1. The topological polar surface area (TPSA) is 87.4 Å². The molecule has 3 N–H and O–H groups in total. The van der Waals surface area contributed by atoms with Crippen molar-refractivity contribution < 1.29 is 14.4 Å². The number of amides is 1. The van der Waals surface area contributed by atoms with E-state index >= 15 is 0 Å². The van der Waals surface area contributed by atoms with E-state index in [9.17, 15) is 9.90 Å². The van der Waals surface area contributed by atoms with Gasteiger partial charge in [-0.15, -0.1) is 0 Å². The Morgan fingerprint density at radius 1 is 1.76 bits per heavy atom. The number of nitrogens with one attached hydrogen (secondary N) is 2. The first kappa shape index (κ1) is 12.1. The molecule has 0 bridgehead atoms. The van der Waals surface area contributed by atoms with E-state index < -0.39 is 6.10 Å². The summed E-state index contributed by atoms with van der Waals surface area (Å²) in [6.45, 7) is 3.23. The Balaban J connectivity index is 1.96. The summed E-state index contributed by atoms with van der Waals surface area (Å²) in [7, 11) is 0. The first-order valence-corrected chi connectivity index (χ1v) is 5.86. The minimum absolute atomic E-state index is 0.201. The molecule has 17 heavy (non-hydrogen) atoms. The zero-order chi connectivity index (χ0) is 12.3. The van der Waals surface area contributed by atoms with Gasteiger partial charge in [0.2, 0.25) is 5.76 Å². The average molecular weight is 239 g/mol. The van der Waals surface area contributed by atoms with Crippen molar-refractivity contribution in [1.82, 2.24) is 15.8 Å². The fourth-order valence-corrected chi connectivity index (χ4v) is 1.84. The molecular weight excluding hydrogens is 222 g/mol. The molecule has 1 saturated heterocycles. The molecule has 2 atom stereocenters. The first-order chi connectivity index (χ1) is 8.20. The van der Waals surface area contributed by atoms with Crippen LogP contribution in [0.5, 0.6) is 0 Å². The molecule has 1 aromatic rings. The maximum atomic E-state index is 11.8. The number of aliphatic hydroxyl groups excluding tert-OH is 1. The largest absolute Gasteiger partial charge is 0.390 e. The van der Waals surface area contributed by atoms with Crippen LogP contribution in [0.15, 0.2) is 10.6 Å². The van der Waals surface area contributed by atoms with E-state index in [4.69, 9.17) is 4.52 Å². The zero-order valence-electron chi connectivity index (χ0n) is 9.77. The molecule has 0 aromatic carbocycles. The van der Waals surface area contributed by atoms with Crippen LogP contribution in [0, 0.1) is 0 Å². The number of aliphatic hydroxyl groups is 1. The fraction of sp³-hybridized carbons (Fsp3) is 0.636. The van der Waals surface area contributed by atoms with E-state index in [-0.39, 0.29) is 17.7 Å². The van der Waals surface area contributed by atoms with Crippen molar-refractivity contribution >= 4 is 5.91 Å². The number of hydrogen-bond acceptors (Lipinski definition) is 5. The maximum absolute atomic E-state index is 11.8. The number of nitrogens with zero attached hydrogens (tertiary/aromatic N) is 1. The third-order valence-electron chi connectivity index (χ3n) is 2.91. The second-order valence-electron chi connectivity index (χ2n) is 4.18. The number of rotatable bonds is 3. The van der Waals surface area contributed by atoms with Gasteiger partial charge in [-0.3, -0.25) is 4.79 Å². The summed E-state index contributed by atoms with van der Waals surface area (Å²) >= 11 is 0. The summed E-state index contributed by atoms with van der Waals surface area (Å²) in [6.07, 6.45) is 0.885. The summed E-state index contributed by atoms with van der Waals surface area (Å²) in [5.41, 5.74) is 0.751. The van der Waals surface area contributed by atoms with E-state index in [0.29, 0.717) is 13.0 Å². The van der Waals surface area contributed by atoms with Crippen molar-refractivity contribution in [2.75, 3.05) is 13.1 Å². The van der Waals surface area contributed by atoms with E-state index in [2.05, 4.69) is 15.8 Å². The SMILES string of the molecule is CCc1cc(C(=O)N[C@@H]2CCNC[C@H]2O)on1. The lowest BCUT2D eigenvalue weighted by Crippen LogP contribution is -2.52. The normalized spacial score (nSPS) is 24.6. The number of carbonyl (C=O) groups excluding carboxylic acids is 1. The Morgan fingerprint density at radius 3 is 3.24 bits per heavy atom. The van der Waals surface area contributed by atoms with Crippen molar-refractivity contribution in [3.05, 3.63) is 17.5 Å². The highest BCUT2D eigenvalue weighted by Crippen LogP contribution is 2.08. The summed E-state index contributed by atoms with van der Waals surface area (Å²) < 4.78 is 4.93. The highest BCUT2D eigenvalue weighted by molar-refractivity contribution is 5.91. The second-order valence-corrected chi connectivity index (χ2v) is 4.18. The monoisotopic (exact) mass is 239 g/mol. The van der Waals surface area contributed by atoms with Gasteiger partial charge < -0.3 is 20.3 Å². The average Bonchev–Trinajstić information content (AvgIpc) is 2.81. The molecular formula is C11H17N3O3. The Labute approximate surface area is 99.4 Å². The molecule has 6 nitrogen and oxygen atoms in total. The van der Waals surface area contributed by atoms with Gasteiger partial charge in [0.1, 0.15) is 0 Å². The van der Waals surface area contributed by atoms with Gasteiger partial charge in [0.15, 0.2) is 0 Å². The Morgan fingerprint density at radius 2 is 2.59 bits per heavy atom. The van der Waals surface area contributed by atoms with E-state index in [1.165, 1.54) is 0 Å². The Kier molecular flexibility index (Phi) is 3.75. The summed E-state index contributed by atoms with van der Waals surface area (Å²) in [4.78, 5) is 11.8. The van der Waals surface area contributed by atoms with Crippen LogP contribution >= 0.6 is 0 Å². The molecule has 6 heteroatoms. The third kappa shape index (κ3) is 2.83. The molecule has 0 unspecified atom stereocenters. The molecule has 2 heterocycles. The highest BCUT2D eigenvalue weighted by Gasteiger charge is 2.25. The van der Waals surface area contributed by atoms with Gasteiger partial charge in [0.25, 0.3) is 5.91 Å². The molecule has 1 aliphatic heterocycles. The van der Waals surface area contributed by atoms with Crippen LogP contribution in [-0.2, 0) is 6.42 Å². The summed E-state index contributed by atoms with van der Waals surface area (Å²) in [5, 5.41) is 19.3. The molecule has 2 rings (SSSR count). The number of hydrogen-bond donors (Lipinski definition) is 3. The van der Waals surface area contributed by atoms with Crippen molar-refractivity contribution in [1.29, 1.82) is 0 Å². The van der Waals surface area contributed by atoms with Gasteiger partial charge in [-0.05, 0) is 19.4 Å². The number of aryl methyl sites for hydroxylation is 1. The molecule has 0 spiro atoms. The number of aromatic nitrogens is 1. The van der Waals surface area contributed by atoms with Gasteiger partial charge in [-0.1, -0.05) is 12.1 Å². The molecule has 1 fully saturated rings. The van der Waals surface area contributed by atoms with Crippen molar-refractivity contribution in [3.63, 3.8) is 0 Å². The standard InChI is InChI=1S/C11H17N3O3/c1-2-7-5-10(17-14-7)11(16)13-8-3-4-12-6-9(8)15/h5,8-9,12,15H,2-4,6H2,1H3,(H,13,16)/t8-,9-/m1/s1. The molecule has 0 aliphatic carbocycles. The molecule has 0 saturated carbocycles. The quantitative estimate of drug-likeness (QED) is 0.673. The van der Waals surface area contributed by atoms with Gasteiger partial charge in [0.05, 0.1) is 17.8 Å². The lowest BCUT2D eigenvalue weighted by atomic mass is 10.0. The van der Waals surface area contributed by atoms with Crippen LogP contribution in [0.1, 0.15) is 29.6 Å². The summed E-state index contributed by atoms with van der Waals surface area (Å²) in [6, 6.07) is 1.40.